The van der Waals surface area contributed by atoms with Gasteiger partial charge in [0.05, 0.1) is 6.04 Å². The molecule has 2 aliphatic heterocycles. The van der Waals surface area contributed by atoms with Gasteiger partial charge in [-0.2, -0.15) is 9.40 Å². The van der Waals surface area contributed by atoms with Crippen molar-refractivity contribution in [2.45, 2.75) is 43.4 Å². The first-order chi connectivity index (χ1) is 16.5. The van der Waals surface area contributed by atoms with E-state index in [4.69, 9.17) is 0 Å². The second-order valence-electron chi connectivity index (χ2n) is 8.48. The number of hydrogen-bond acceptors (Lipinski definition) is 7. The number of sulfonamides is 1. The largest absolute Gasteiger partial charge is 0.350 e. The van der Waals surface area contributed by atoms with Crippen LogP contribution in [-0.4, -0.2) is 76.5 Å². The van der Waals surface area contributed by atoms with E-state index in [-0.39, 0.29) is 24.0 Å². The Morgan fingerprint density at radius 1 is 1.26 bits per heavy atom. The fourth-order valence-electron chi connectivity index (χ4n) is 4.05. The summed E-state index contributed by atoms with van der Waals surface area (Å²) in [6.45, 7) is 1.92. The summed E-state index contributed by atoms with van der Waals surface area (Å²) in [6.07, 6.45) is 0.799. The van der Waals surface area contributed by atoms with Gasteiger partial charge in [0.15, 0.2) is 11.1 Å². The quantitative estimate of drug-likeness (QED) is 0.440. The minimum Gasteiger partial charge on any atom is -0.350 e. The molecule has 2 amide bonds. The van der Waals surface area contributed by atoms with Gasteiger partial charge < -0.3 is 5.32 Å². The highest BCUT2D eigenvalue weighted by atomic mass is 32.2. The van der Waals surface area contributed by atoms with Gasteiger partial charge in [-0.1, -0.05) is 12.1 Å². The van der Waals surface area contributed by atoms with Crippen molar-refractivity contribution in [3.05, 3.63) is 47.4 Å². The molecule has 13 heteroatoms. The number of piperidine rings is 1. The summed E-state index contributed by atoms with van der Waals surface area (Å²) in [5.74, 6) is -3.06. The number of Topliss-reactive ketones (excluding diaryl/α,β-unsaturated/α-hetero) is 1. The van der Waals surface area contributed by atoms with E-state index < -0.39 is 45.5 Å². The van der Waals surface area contributed by atoms with E-state index in [0.717, 1.165) is 9.21 Å². The van der Waals surface area contributed by atoms with Crippen LogP contribution in [0.2, 0.25) is 0 Å². The minimum absolute atomic E-state index is 0.00237. The molecule has 2 aliphatic rings. The first kappa shape index (κ1) is 24.7. The minimum atomic E-state index is -4.04. The fourth-order valence-corrected chi connectivity index (χ4v) is 5.42. The molecule has 186 valence electrons. The lowest BCUT2D eigenvalue weighted by Gasteiger charge is -2.40. The van der Waals surface area contributed by atoms with Crippen molar-refractivity contribution in [3.63, 3.8) is 0 Å². The molecule has 1 aromatic heterocycles. The fraction of sp³-hybridized carbons (Fsp3) is 0.409. The number of amidine groups is 1. The maximum atomic E-state index is 13.2. The van der Waals surface area contributed by atoms with Gasteiger partial charge in [-0.3, -0.25) is 24.0 Å². The number of ketones is 1. The normalized spacial score (nSPS) is 20.6. The third-order valence-corrected chi connectivity index (χ3v) is 7.94. The topological polar surface area (TPSA) is 134 Å². The number of rotatable bonds is 6. The lowest BCUT2D eigenvalue weighted by atomic mass is 9.99. The first-order valence-corrected chi connectivity index (χ1v) is 12.4. The van der Waals surface area contributed by atoms with E-state index in [9.17, 15) is 27.2 Å². The van der Waals surface area contributed by atoms with E-state index in [2.05, 4.69) is 15.4 Å². The Kier molecular flexibility index (Phi) is 6.56. The number of amides is 2. The van der Waals surface area contributed by atoms with Gasteiger partial charge in [0.25, 0.3) is 27.6 Å². The molecular formula is C22H25FN6O5S. The van der Waals surface area contributed by atoms with Crippen LogP contribution in [0.1, 0.15) is 24.1 Å². The second-order valence-corrected chi connectivity index (χ2v) is 10.4. The molecule has 0 spiro atoms. The highest BCUT2D eigenvalue weighted by Crippen LogP contribution is 2.26. The highest BCUT2D eigenvalue weighted by molar-refractivity contribution is 7.89. The molecule has 0 bridgehead atoms. The Balaban J connectivity index is 1.60. The average Bonchev–Trinajstić information content (AvgIpc) is 3.18. The Morgan fingerprint density at radius 2 is 1.94 bits per heavy atom. The number of carbonyl (C=O) groups excluding carboxylic acids is 3. The number of aromatic nitrogens is 2. The molecule has 0 aliphatic carbocycles. The van der Waals surface area contributed by atoms with E-state index in [1.165, 1.54) is 42.1 Å². The number of benzene rings is 1. The number of hydrogen-bond donors (Lipinski definition) is 1. The number of aliphatic imine (C=N–C) groups is 1. The van der Waals surface area contributed by atoms with Gasteiger partial charge >= 0.3 is 0 Å². The Morgan fingerprint density at radius 3 is 2.57 bits per heavy atom. The van der Waals surface area contributed by atoms with Crippen molar-refractivity contribution >= 4 is 33.5 Å². The lowest BCUT2D eigenvalue weighted by Crippen LogP contribution is -2.61. The predicted molar refractivity (Wildman–Crippen MR) is 122 cm³/mol. The van der Waals surface area contributed by atoms with Crippen LogP contribution in [0.15, 0.2) is 40.4 Å². The van der Waals surface area contributed by atoms with E-state index in [1.54, 1.807) is 14.0 Å². The summed E-state index contributed by atoms with van der Waals surface area (Å²) in [6, 6.07) is 4.38. The SMILES string of the molecule is Cc1cc(S(=O)(=O)N(C)C2CCCN3C(=O)C(=O)C(C(=O)NCc4ccc(F)cc4)N=C23)nn1C. The molecule has 2 atom stereocenters. The van der Waals surface area contributed by atoms with Gasteiger partial charge in [0, 0.05) is 32.9 Å². The monoisotopic (exact) mass is 504 g/mol. The Labute approximate surface area is 201 Å². The standard InChI is InChI=1S/C22H25FN6O5S/c1-13-11-17(26-27(13)2)35(33,34)28(3)16-5-4-10-29-20(16)25-18(19(30)22(29)32)21(31)24-12-14-6-8-15(23)9-7-14/h6-9,11,16,18H,4-5,10,12H2,1-3H3,(H,24,31). The number of halogens is 1. The number of nitrogens with one attached hydrogen (secondary N) is 1. The summed E-state index contributed by atoms with van der Waals surface area (Å²) in [4.78, 5) is 43.7. The van der Waals surface area contributed by atoms with Crippen LogP contribution < -0.4 is 5.32 Å². The first-order valence-electron chi connectivity index (χ1n) is 10.9. The van der Waals surface area contributed by atoms with Gasteiger partial charge in [0.1, 0.15) is 11.7 Å². The van der Waals surface area contributed by atoms with Crippen LogP contribution in [0, 0.1) is 12.7 Å². The summed E-state index contributed by atoms with van der Waals surface area (Å²) in [5, 5.41) is 6.45. The van der Waals surface area contributed by atoms with Crippen molar-refractivity contribution in [1.82, 2.24) is 24.3 Å². The molecule has 0 radical (unpaired) electrons. The molecule has 4 rings (SSSR count). The van der Waals surface area contributed by atoms with Crippen LogP contribution in [0.25, 0.3) is 0 Å². The zero-order valence-corrected chi connectivity index (χ0v) is 20.2. The number of aryl methyl sites for hydroxylation is 2. The number of likely N-dealkylation sites (N-methyl/N-ethyl adjacent to an activating group) is 1. The molecule has 3 heterocycles. The van der Waals surface area contributed by atoms with Gasteiger partial charge in [0.2, 0.25) is 0 Å². The molecule has 2 unspecified atom stereocenters. The van der Waals surface area contributed by atoms with Crippen LogP contribution in [-0.2, 0) is 38.0 Å². The highest BCUT2D eigenvalue weighted by Gasteiger charge is 2.47. The zero-order chi connectivity index (χ0) is 25.5. The second kappa shape index (κ2) is 9.30. The van der Waals surface area contributed by atoms with Crippen molar-refractivity contribution < 1.29 is 27.2 Å². The number of fused-ring (bicyclic) bond motifs is 1. The lowest BCUT2D eigenvalue weighted by molar-refractivity contribution is -0.146. The molecule has 1 fully saturated rings. The van der Waals surface area contributed by atoms with Gasteiger partial charge in [-0.25, -0.2) is 17.8 Å². The van der Waals surface area contributed by atoms with Crippen LogP contribution >= 0.6 is 0 Å². The molecule has 2 aromatic rings. The third-order valence-electron chi connectivity index (χ3n) is 6.20. The number of carbonyl (C=O) groups is 3. The number of nitrogens with zero attached hydrogens (tertiary/aromatic N) is 5. The average molecular weight is 505 g/mol. The molecule has 1 saturated heterocycles. The molecule has 0 saturated carbocycles. The van der Waals surface area contributed by atoms with Gasteiger partial charge in [-0.05, 0) is 43.5 Å². The summed E-state index contributed by atoms with van der Waals surface area (Å²) < 4.78 is 42.1. The van der Waals surface area contributed by atoms with Crippen LogP contribution in [0.3, 0.4) is 0 Å². The molecule has 35 heavy (non-hydrogen) atoms. The van der Waals surface area contributed by atoms with Crippen molar-refractivity contribution in [2.24, 2.45) is 12.0 Å². The van der Waals surface area contributed by atoms with Gasteiger partial charge in [-0.15, -0.1) is 0 Å². The van der Waals surface area contributed by atoms with Crippen molar-refractivity contribution in [1.29, 1.82) is 0 Å². The van der Waals surface area contributed by atoms with Crippen molar-refractivity contribution in [3.8, 4) is 0 Å². The van der Waals surface area contributed by atoms with E-state index in [1.807, 2.05) is 0 Å². The smallest absolute Gasteiger partial charge is 0.298 e. The predicted octanol–water partition coefficient (Wildman–Crippen LogP) is 0.145. The maximum absolute atomic E-state index is 13.2. The Hall–Kier alpha value is -3.45. The Bertz CT molecular complexity index is 1300. The summed E-state index contributed by atoms with van der Waals surface area (Å²) in [5.41, 5.74) is 1.24. The molecule has 1 N–H and O–H groups in total. The summed E-state index contributed by atoms with van der Waals surface area (Å²) in [7, 11) is -1.05. The van der Waals surface area contributed by atoms with Crippen LogP contribution in [0.4, 0.5) is 4.39 Å². The maximum Gasteiger partial charge on any atom is 0.298 e. The third kappa shape index (κ3) is 4.60. The van der Waals surface area contributed by atoms with E-state index >= 15 is 0 Å². The summed E-state index contributed by atoms with van der Waals surface area (Å²) >= 11 is 0. The molecule has 1 aromatic carbocycles. The van der Waals surface area contributed by atoms with Crippen LogP contribution in [0.5, 0.6) is 0 Å². The molecular weight excluding hydrogens is 479 g/mol. The van der Waals surface area contributed by atoms with E-state index in [0.29, 0.717) is 24.1 Å². The van der Waals surface area contributed by atoms with Crippen molar-refractivity contribution in [2.75, 3.05) is 13.6 Å². The molecule has 11 nitrogen and oxygen atoms in total. The zero-order valence-electron chi connectivity index (χ0n) is 19.4.